The zero-order chi connectivity index (χ0) is 19.4. The molecule has 0 spiro atoms. The Kier molecular flexibility index (Phi) is 5.51. The first-order valence-corrected chi connectivity index (χ1v) is 8.86. The first kappa shape index (κ1) is 18.6. The van der Waals surface area contributed by atoms with Crippen molar-refractivity contribution >= 4 is 22.4 Å². The summed E-state index contributed by atoms with van der Waals surface area (Å²) in [6.07, 6.45) is 1.49. The number of methoxy groups -OCH3 is 1. The van der Waals surface area contributed by atoms with Gasteiger partial charge in [-0.05, 0) is 24.6 Å². The van der Waals surface area contributed by atoms with E-state index < -0.39 is 5.91 Å². The predicted molar refractivity (Wildman–Crippen MR) is 102 cm³/mol. The van der Waals surface area contributed by atoms with E-state index in [1.807, 2.05) is 24.3 Å². The third-order valence-corrected chi connectivity index (χ3v) is 4.46. The largest absolute Gasteiger partial charge is 0.497 e. The van der Waals surface area contributed by atoms with Crippen LogP contribution in [-0.4, -0.2) is 27.8 Å². The average molecular weight is 386 g/mol. The Morgan fingerprint density at radius 1 is 1.30 bits per heavy atom. The van der Waals surface area contributed by atoms with Crippen LogP contribution in [0.2, 0.25) is 0 Å². The maximum Gasteiger partial charge on any atom is 0.274 e. The molecular formula is C18H18N4O4S. The number of amides is 1. The van der Waals surface area contributed by atoms with Crippen LogP contribution >= 0.6 is 11.3 Å². The number of nitrogens with one attached hydrogen (secondary N) is 1. The van der Waals surface area contributed by atoms with Gasteiger partial charge in [0.05, 0.1) is 13.3 Å². The summed E-state index contributed by atoms with van der Waals surface area (Å²) >= 11 is 1.26. The molecule has 0 fully saturated rings. The lowest BCUT2D eigenvalue weighted by molar-refractivity contribution is 0.101. The topological polar surface area (TPSA) is 95.3 Å². The molecule has 0 saturated heterocycles. The summed E-state index contributed by atoms with van der Waals surface area (Å²) < 4.78 is 12.3. The molecule has 3 aromatic rings. The number of pyridine rings is 1. The number of benzene rings is 1. The van der Waals surface area contributed by atoms with Crippen molar-refractivity contribution < 1.29 is 14.3 Å². The smallest absolute Gasteiger partial charge is 0.274 e. The number of anilines is 1. The fourth-order valence-electron chi connectivity index (χ4n) is 2.37. The van der Waals surface area contributed by atoms with E-state index in [0.29, 0.717) is 10.9 Å². The zero-order valence-corrected chi connectivity index (χ0v) is 15.9. The lowest BCUT2D eigenvalue weighted by Crippen LogP contribution is -2.21. The fourth-order valence-corrected chi connectivity index (χ4v) is 2.96. The second-order valence-corrected chi connectivity index (χ2v) is 6.90. The zero-order valence-electron chi connectivity index (χ0n) is 15.1. The summed E-state index contributed by atoms with van der Waals surface area (Å²) in [6.45, 7) is 2.00. The molecule has 0 aliphatic heterocycles. The normalized spacial score (nSPS) is 10.5. The second-order valence-electron chi connectivity index (χ2n) is 5.72. The van der Waals surface area contributed by atoms with Gasteiger partial charge in [-0.25, -0.2) is 0 Å². The fraction of sp³-hybridized carbons (Fsp3) is 0.222. The number of hydrogen-bond donors (Lipinski definition) is 1. The molecule has 1 N–H and O–H groups in total. The van der Waals surface area contributed by atoms with Crippen LogP contribution in [0.4, 0.5) is 5.13 Å². The number of rotatable bonds is 6. The van der Waals surface area contributed by atoms with Gasteiger partial charge < -0.3 is 14.0 Å². The van der Waals surface area contributed by atoms with Crippen LogP contribution < -0.4 is 20.2 Å². The summed E-state index contributed by atoms with van der Waals surface area (Å²) in [5, 5.41) is 11.4. The Hall–Kier alpha value is -3.20. The van der Waals surface area contributed by atoms with Crippen LogP contribution in [0.3, 0.4) is 0 Å². The van der Waals surface area contributed by atoms with E-state index >= 15 is 0 Å². The number of aromatic nitrogens is 3. The lowest BCUT2D eigenvalue weighted by Gasteiger charge is -2.11. The van der Waals surface area contributed by atoms with Gasteiger partial charge >= 0.3 is 0 Å². The van der Waals surface area contributed by atoms with Gasteiger partial charge in [0.2, 0.25) is 10.6 Å². The Morgan fingerprint density at radius 3 is 2.81 bits per heavy atom. The van der Waals surface area contributed by atoms with Crippen molar-refractivity contribution in [3.05, 3.63) is 63.0 Å². The molecule has 1 aromatic carbocycles. The summed E-state index contributed by atoms with van der Waals surface area (Å²) in [4.78, 5) is 24.7. The molecule has 2 aromatic heterocycles. The minimum absolute atomic E-state index is 0.156. The van der Waals surface area contributed by atoms with E-state index in [-0.39, 0.29) is 23.5 Å². The molecule has 0 aliphatic rings. The van der Waals surface area contributed by atoms with Crippen LogP contribution in [0.15, 0.2) is 41.3 Å². The Morgan fingerprint density at radius 2 is 2.11 bits per heavy atom. The van der Waals surface area contributed by atoms with E-state index in [1.54, 1.807) is 21.1 Å². The number of carbonyl (C=O) groups is 1. The van der Waals surface area contributed by atoms with E-state index in [9.17, 15) is 9.59 Å². The highest BCUT2D eigenvalue weighted by molar-refractivity contribution is 7.15. The molecule has 140 valence electrons. The molecule has 9 heteroatoms. The molecule has 0 atom stereocenters. The highest BCUT2D eigenvalue weighted by Crippen LogP contribution is 2.16. The summed E-state index contributed by atoms with van der Waals surface area (Å²) in [6, 6.07) is 8.62. The second kappa shape index (κ2) is 8.00. The van der Waals surface area contributed by atoms with Gasteiger partial charge in [-0.15, -0.1) is 10.2 Å². The summed E-state index contributed by atoms with van der Waals surface area (Å²) in [5.41, 5.74) is 0.682. The van der Waals surface area contributed by atoms with E-state index in [0.717, 1.165) is 10.6 Å². The van der Waals surface area contributed by atoms with Gasteiger partial charge in [0, 0.05) is 13.1 Å². The first-order chi connectivity index (χ1) is 13.0. The van der Waals surface area contributed by atoms with E-state index in [1.165, 1.54) is 28.2 Å². The van der Waals surface area contributed by atoms with Crippen LogP contribution in [0.1, 0.15) is 21.1 Å². The molecule has 2 heterocycles. The van der Waals surface area contributed by atoms with Crippen molar-refractivity contribution in [3.63, 3.8) is 0 Å². The average Bonchev–Trinajstić information content (AvgIpc) is 3.06. The van der Waals surface area contributed by atoms with Crippen molar-refractivity contribution in [3.8, 4) is 11.5 Å². The highest BCUT2D eigenvalue weighted by atomic mass is 32.1. The highest BCUT2D eigenvalue weighted by Gasteiger charge is 2.15. The van der Waals surface area contributed by atoms with Crippen LogP contribution in [0, 0.1) is 6.92 Å². The van der Waals surface area contributed by atoms with Crippen molar-refractivity contribution in [1.82, 2.24) is 14.8 Å². The molecular weight excluding hydrogens is 368 g/mol. The monoisotopic (exact) mass is 386 g/mol. The van der Waals surface area contributed by atoms with Crippen molar-refractivity contribution in [2.24, 2.45) is 7.05 Å². The van der Waals surface area contributed by atoms with Crippen LogP contribution in [-0.2, 0) is 13.7 Å². The van der Waals surface area contributed by atoms with E-state index in [4.69, 9.17) is 9.47 Å². The standard InChI is InChI=1S/C18H18N4O4S/c1-11-20-21-18(27-11)19-17(24)14-8-15(23)16(9-22(14)2)26-10-12-5-4-6-13(7-12)25-3/h4-9H,10H2,1-3H3,(H,19,21,24). The first-order valence-electron chi connectivity index (χ1n) is 8.04. The van der Waals surface area contributed by atoms with Crippen LogP contribution in [0.25, 0.3) is 0 Å². The maximum absolute atomic E-state index is 12.4. The lowest BCUT2D eigenvalue weighted by atomic mass is 10.2. The molecule has 27 heavy (non-hydrogen) atoms. The number of ether oxygens (including phenoxy) is 2. The predicted octanol–water partition coefficient (Wildman–Crippen LogP) is 2.39. The molecule has 0 radical (unpaired) electrons. The quantitative estimate of drug-likeness (QED) is 0.699. The Labute approximate surface area is 159 Å². The van der Waals surface area contributed by atoms with Gasteiger partial charge in [-0.2, -0.15) is 0 Å². The number of carbonyl (C=O) groups excluding carboxylic acids is 1. The van der Waals surface area contributed by atoms with Gasteiger partial charge in [-0.3, -0.25) is 14.9 Å². The van der Waals surface area contributed by atoms with Crippen molar-refractivity contribution in [1.29, 1.82) is 0 Å². The molecule has 1 amide bonds. The van der Waals surface area contributed by atoms with Crippen LogP contribution in [0.5, 0.6) is 11.5 Å². The summed E-state index contributed by atoms with van der Waals surface area (Å²) in [7, 11) is 3.25. The van der Waals surface area contributed by atoms with Gasteiger partial charge in [-0.1, -0.05) is 23.5 Å². The molecule has 0 saturated carbocycles. The third-order valence-electron chi connectivity index (χ3n) is 3.71. The molecule has 0 unspecified atom stereocenters. The van der Waals surface area contributed by atoms with Gasteiger partial charge in [0.1, 0.15) is 23.1 Å². The Balaban J connectivity index is 1.74. The SMILES string of the molecule is COc1cccc(COc2cn(C)c(C(=O)Nc3nnc(C)s3)cc2=O)c1. The van der Waals surface area contributed by atoms with Gasteiger partial charge in [0.25, 0.3) is 5.91 Å². The number of nitrogens with zero attached hydrogens (tertiary/aromatic N) is 3. The third kappa shape index (κ3) is 4.50. The molecule has 8 nitrogen and oxygen atoms in total. The van der Waals surface area contributed by atoms with Crippen molar-refractivity contribution in [2.75, 3.05) is 12.4 Å². The summed E-state index contributed by atoms with van der Waals surface area (Å²) in [5.74, 6) is 0.427. The maximum atomic E-state index is 12.4. The Bertz CT molecular complexity index is 1030. The molecule has 0 aliphatic carbocycles. The van der Waals surface area contributed by atoms with Crippen molar-refractivity contribution in [2.45, 2.75) is 13.5 Å². The van der Waals surface area contributed by atoms with E-state index in [2.05, 4.69) is 15.5 Å². The number of hydrogen-bond acceptors (Lipinski definition) is 7. The molecule has 3 rings (SSSR count). The minimum atomic E-state index is -0.440. The molecule has 0 bridgehead atoms. The van der Waals surface area contributed by atoms with Gasteiger partial charge in [0.15, 0.2) is 5.75 Å². The minimum Gasteiger partial charge on any atom is -0.497 e. The number of aryl methyl sites for hydroxylation is 2.